The molecule has 15 heavy (non-hydrogen) atoms. The van der Waals surface area contributed by atoms with Gasteiger partial charge in [0.2, 0.25) is 5.91 Å². The molecule has 1 heterocycles. The van der Waals surface area contributed by atoms with Crippen LogP contribution in [0.5, 0.6) is 0 Å². The fourth-order valence-corrected chi connectivity index (χ4v) is 2.42. The van der Waals surface area contributed by atoms with E-state index in [4.69, 9.17) is 0 Å². The van der Waals surface area contributed by atoms with Crippen molar-refractivity contribution in [1.29, 1.82) is 0 Å². The molecular formula is C10H9Br2NO2. The number of nitrogens with zero attached hydrogens (tertiary/aromatic N) is 1. The Balaban J connectivity index is 2.37. The molecule has 0 spiro atoms. The molecule has 1 aromatic rings. The number of halogens is 2. The second-order valence-electron chi connectivity index (χ2n) is 3.46. The van der Waals surface area contributed by atoms with Gasteiger partial charge in [-0.05, 0) is 34.1 Å². The first kappa shape index (κ1) is 11.1. The molecule has 0 aromatic heterocycles. The second-order valence-corrected chi connectivity index (χ2v) is 5.23. The quantitative estimate of drug-likeness (QED) is 0.856. The normalized spacial score (nSPS) is 21.1. The maximum absolute atomic E-state index is 11.6. The van der Waals surface area contributed by atoms with Gasteiger partial charge in [-0.3, -0.25) is 4.79 Å². The predicted molar refractivity (Wildman–Crippen MR) is 64.8 cm³/mol. The number of hydrogen-bond acceptors (Lipinski definition) is 2. The maximum Gasteiger partial charge on any atom is 0.229 e. The Morgan fingerprint density at radius 2 is 2.13 bits per heavy atom. The average Bonchev–Trinajstić information content (AvgIpc) is 2.50. The summed E-state index contributed by atoms with van der Waals surface area (Å²) in [6.45, 7) is 0.369. The van der Waals surface area contributed by atoms with Crippen LogP contribution in [0.2, 0.25) is 0 Å². The Morgan fingerprint density at radius 3 is 2.73 bits per heavy atom. The molecule has 1 unspecified atom stereocenters. The van der Waals surface area contributed by atoms with Gasteiger partial charge in [-0.1, -0.05) is 15.9 Å². The van der Waals surface area contributed by atoms with Crippen molar-refractivity contribution in [2.45, 2.75) is 12.5 Å². The molecular weight excluding hydrogens is 326 g/mol. The number of aliphatic hydroxyl groups is 1. The summed E-state index contributed by atoms with van der Waals surface area (Å²) in [5.41, 5.74) is 0.797. The topological polar surface area (TPSA) is 40.5 Å². The standard InChI is InChI=1S/C10H9Br2NO2/c11-6-1-2-8(12)9(3-6)13-5-7(14)4-10(13)15/h1-3,7,14H,4-5H2. The number of rotatable bonds is 1. The van der Waals surface area contributed by atoms with Crippen molar-refractivity contribution >= 4 is 43.5 Å². The smallest absolute Gasteiger partial charge is 0.229 e. The molecule has 0 saturated carbocycles. The van der Waals surface area contributed by atoms with Crippen LogP contribution in [0.3, 0.4) is 0 Å². The number of amides is 1. The van der Waals surface area contributed by atoms with Crippen molar-refractivity contribution in [3.05, 3.63) is 27.1 Å². The van der Waals surface area contributed by atoms with E-state index in [0.29, 0.717) is 6.54 Å². The minimum absolute atomic E-state index is 0.0405. The molecule has 1 N–H and O–H groups in total. The van der Waals surface area contributed by atoms with E-state index < -0.39 is 6.10 Å². The number of hydrogen-bond donors (Lipinski definition) is 1. The van der Waals surface area contributed by atoms with E-state index in [1.165, 1.54) is 0 Å². The third kappa shape index (κ3) is 2.24. The second kappa shape index (κ2) is 4.23. The lowest BCUT2D eigenvalue weighted by Crippen LogP contribution is -2.25. The van der Waals surface area contributed by atoms with Crippen LogP contribution in [0.1, 0.15) is 6.42 Å². The molecule has 5 heteroatoms. The van der Waals surface area contributed by atoms with Crippen LogP contribution in [0.15, 0.2) is 27.1 Å². The number of anilines is 1. The largest absolute Gasteiger partial charge is 0.391 e. The fraction of sp³-hybridized carbons (Fsp3) is 0.300. The van der Waals surface area contributed by atoms with Gasteiger partial charge >= 0.3 is 0 Å². The highest BCUT2D eigenvalue weighted by molar-refractivity contribution is 9.11. The Hall–Kier alpha value is -0.390. The third-order valence-electron chi connectivity index (χ3n) is 2.30. The molecule has 0 radical (unpaired) electrons. The SMILES string of the molecule is O=C1CC(O)CN1c1cc(Br)ccc1Br. The summed E-state index contributed by atoms with van der Waals surface area (Å²) in [4.78, 5) is 13.2. The van der Waals surface area contributed by atoms with Crippen LogP contribution in [0, 0.1) is 0 Å². The number of carbonyl (C=O) groups excluding carboxylic acids is 1. The minimum atomic E-state index is -0.552. The molecule has 1 aliphatic rings. The lowest BCUT2D eigenvalue weighted by atomic mass is 10.3. The first-order valence-corrected chi connectivity index (χ1v) is 6.10. The summed E-state index contributed by atoms with van der Waals surface area (Å²) >= 11 is 6.75. The lowest BCUT2D eigenvalue weighted by molar-refractivity contribution is -0.117. The predicted octanol–water partition coefficient (Wildman–Crippen LogP) is 2.31. The molecule has 2 rings (SSSR count). The fourth-order valence-electron chi connectivity index (χ4n) is 1.61. The number of carbonyl (C=O) groups is 1. The summed E-state index contributed by atoms with van der Waals surface area (Å²) in [7, 11) is 0. The highest BCUT2D eigenvalue weighted by atomic mass is 79.9. The van der Waals surface area contributed by atoms with Crippen molar-refractivity contribution in [2.75, 3.05) is 11.4 Å². The minimum Gasteiger partial charge on any atom is -0.391 e. The Kier molecular flexibility index (Phi) is 3.13. The van der Waals surface area contributed by atoms with Gasteiger partial charge in [-0.15, -0.1) is 0 Å². The van der Waals surface area contributed by atoms with E-state index in [2.05, 4.69) is 31.9 Å². The van der Waals surface area contributed by atoms with Crippen LogP contribution in [-0.4, -0.2) is 23.7 Å². The lowest BCUT2D eigenvalue weighted by Gasteiger charge is -2.17. The van der Waals surface area contributed by atoms with E-state index in [0.717, 1.165) is 14.6 Å². The zero-order chi connectivity index (χ0) is 11.0. The molecule has 80 valence electrons. The molecule has 1 aliphatic heterocycles. The summed E-state index contributed by atoms with van der Waals surface area (Å²) in [5, 5.41) is 9.40. The van der Waals surface area contributed by atoms with E-state index in [-0.39, 0.29) is 12.3 Å². The maximum atomic E-state index is 11.6. The van der Waals surface area contributed by atoms with Crippen LogP contribution >= 0.6 is 31.9 Å². The van der Waals surface area contributed by atoms with E-state index in [9.17, 15) is 9.90 Å². The number of β-amino-alcohol motifs (C(OH)–C–C–N with tert-alkyl or cyclic N) is 1. The van der Waals surface area contributed by atoms with Crippen molar-refractivity contribution in [2.24, 2.45) is 0 Å². The monoisotopic (exact) mass is 333 g/mol. The number of aliphatic hydroxyl groups excluding tert-OH is 1. The van der Waals surface area contributed by atoms with E-state index >= 15 is 0 Å². The molecule has 0 bridgehead atoms. The molecule has 1 fully saturated rings. The Labute approximate surface area is 104 Å². The van der Waals surface area contributed by atoms with Gasteiger partial charge in [0.15, 0.2) is 0 Å². The Bertz CT molecular complexity index is 408. The zero-order valence-corrected chi connectivity index (χ0v) is 11.0. The van der Waals surface area contributed by atoms with Gasteiger partial charge in [0.05, 0.1) is 24.8 Å². The highest BCUT2D eigenvalue weighted by Gasteiger charge is 2.30. The van der Waals surface area contributed by atoms with Gasteiger partial charge < -0.3 is 10.0 Å². The molecule has 1 saturated heterocycles. The van der Waals surface area contributed by atoms with Crippen molar-refractivity contribution in [3.63, 3.8) is 0 Å². The van der Waals surface area contributed by atoms with E-state index in [1.54, 1.807) is 4.90 Å². The molecule has 1 aromatic carbocycles. The van der Waals surface area contributed by atoms with Gasteiger partial charge in [-0.2, -0.15) is 0 Å². The summed E-state index contributed by atoms with van der Waals surface area (Å²) in [5.74, 6) is -0.0405. The first-order chi connectivity index (χ1) is 7.08. The molecule has 1 amide bonds. The van der Waals surface area contributed by atoms with Gasteiger partial charge in [0, 0.05) is 8.95 Å². The summed E-state index contributed by atoms with van der Waals surface area (Å²) in [6.07, 6.45) is -0.345. The van der Waals surface area contributed by atoms with E-state index in [1.807, 2.05) is 18.2 Å². The average molecular weight is 335 g/mol. The third-order valence-corrected chi connectivity index (χ3v) is 3.47. The van der Waals surface area contributed by atoms with Gasteiger partial charge in [0.1, 0.15) is 0 Å². The van der Waals surface area contributed by atoms with Crippen molar-refractivity contribution < 1.29 is 9.90 Å². The van der Waals surface area contributed by atoms with Crippen LogP contribution in [0.25, 0.3) is 0 Å². The molecule has 3 nitrogen and oxygen atoms in total. The summed E-state index contributed by atoms with van der Waals surface area (Å²) < 4.78 is 1.77. The van der Waals surface area contributed by atoms with Gasteiger partial charge in [-0.25, -0.2) is 0 Å². The van der Waals surface area contributed by atoms with Crippen molar-refractivity contribution in [1.82, 2.24) is 0 Å². The van der Waals surface area contributed by atoms with Crippen LogP contribution in [0.4, 0.5) is 5.69 Å². The first-order valence-electron chi connectivity index (χ1n) is 4.51. The highest BCUT2D eigenvalue weighted by Crippen LogP contribution is 2.32. The van der Waals surface area contributed by atoms with Crippen LogP contribution in [-0.2, 0) is 4.79 Å². The molecule has 1 atom stereocenters. The Morgan fingerprint density at radius 1 is 1.40 bits per heavy atom. The number of benzene rings is 1. The van der Waals surface area contributed by atoms with Crippen LogP contribution < -0.4 is 4.90 Å². The van der Waals surface area contributed by atoms with Crippen molar-refractivity contribution in [3.8, 4) is 0 Å². The van der Waals surface area contributed by atoms with Gasteiger partial charge in [0.25, 0.3) is 0 Å². The summed E-state index contributed by atoms with van der Waals surface area (Å²) in [6, 6.07) is 5.63. The molecule has 0 aliphatic carbocycles. The zero-order valence-electron chi connectivity index (χ0n) is 7.78.